The average Bonchev–Trinajstić information content (AvgIpc) is 3.00. The maximum atomic E-state index is 12.1. The normalized spacial score (nSPS) is 15.9. The van der Waals surface area contributed by atoms with E-state index in [0.717, 1.165) is 64.2 Å². The van der Waals surface area contributed by atoms with Gasteiger partial charge in [-0.2, -0.15) is 5.10 Å². The minimum atomic E-state index is -0.174. The molecule has 9 heteroatoms. The molecule has 0 fully saturated rings. The lowest BCUT2D eigenvalue weighted by Gasteiger charge is -2.26. The van der Waals surface area contributed by atoms with Crippen LogP contribution < -0.4 is 26.2 Å². The van der Waals surface area contributed by atoms with Crippen LogP contribution in [0.5, 0.6) is 11.5 Å². The summed E-state index contributed by atoms with van der Waals surface area (Å²) < 4.78 is 11.6. The molecule has 2 heterocycles. The molecule has 3 aromatic rings. The van der Waals surface area contributed by atoms with E-state index < -0.39 is 0 Å². The Bertz CT molecular complexity index is 1370. The van der Waals surface area contributed by atoms with Crippen molar-refractivity contribution in [1.82, 2.24) is 15.8 Å². The second-order valence-electron chi connectivity index (χ2n) is 10.6. The molecule has 42 heavy (non-hydrogen) atoms. The van der Waals surface area contributed by atoms with E-state index in [1.165, 1.54) is 0 Å². The van der Waals surface area contributed by atoms with Crippen molar-refractivity contribution in [3.05, 3.63) is 65.4 Å². The maximum Gasteiger partial charge on any atom is 0.240 e. The molecular weight excluding hydrogens is 530 g/mol. The number of nitrogens with two attached hydrogens (primary N) is 1. The molecule has 0 radical (unpaired) electrons. The van der Waals surface area contributed by atoms with Gasteiger partial charge in [0, 0.05) is 29.8 Å². The number of carbonyl (C=O) groups excluding carboxylic acids is 2. The number of nitrogens with zero attached hydrogens (tertiary/aromatic N) is 2. The third-order valence-electron chi connectivity index (χ3n) is 7.56. The van der Waals surface area contributed by atoms with Crippen LogP contribution >= 0.6 is 0 Å². The molecule has 2 aromatic carbocycles. The van der Waals surface area contributed by atoms with Gasteiger partial charge in [0.25, 0.3) is 0 Å². The molecular formula is C33H45N5O4. The number of hydrazine groups is 1. The molecule has 1 aliphatic heterocycles. The molecule has 0 aliphatic carbocycles. The Hall–Kier alpha value is -3.98. The molecule has 4 rings (SSSR count). The Balaban J connectivity index is 0.00000237. The van der Waals surface area contributed by atoms with Crippen LogP contribution in [0.2, 0.25) is 0 Å². The van der Waals surface area contributed by atoms with E-state index in [0.29, 0.717) is 19.4 Å². The number of nitrogens with one attached hydrogen (secondary N) is 2. The van der Waals surface area contributed by atoms with Gasteiger partial charge >= 0.3 is 0 Å². The van der Waals surface area contributed by atoms with Gasteiger partial charge in [-0.15, -0.1) is 0 Å². The largest absolute Gasteiger partial charge is 0.494 e. The Morgan fingerprint density at radius 3 is 2.52 bits per heavy atom. The van der Waals surface area contributed by atoms with E-state index in [9.17, 15) is 9.59 Å². The van der Waals surface area contributed by atoms with Crippen molar-refractivity contribution in [2.45, 2.75) is 72.6 Å². The number of benzene rings is 2. The van der Waals surface area contributed by atoms with Gasteiger partial charge in [0.15, 0.2) is 0 Å². The van der Waals surface area contributed by atoms with Crippen LogP contribution in [0.15, 0.2) is 53.6 Å². The first kappa shape index (κ1) is 32.5. The summed E-state index contributed by atoms with van der Waals surface area (Å²) in [5, 5.41) is 5.27. The van der Waals surface area contributed by atoms with Gasteiger partial charge in [-0.3, -0.25) is 15.0 Å². The van der Waals surface area contributed by atoms with E-state index in [2.05, 4.69) is 35.0 Å². The van der Waals surface area contributed by atoms with Crippen LogP contribution in [0.4, 0.5) is 0 Å². The summed E-state index contributed by atoms with van der Waals surface area (Å²) in [6.45, 7) is 10.7. The number of amides is 2. The first-order chi connectivity index (χ1) is 20.3. The topological polar surface area (TPSA) is 128 Å². The third kappa shape index (κ3) is 8.28. The number of pyridine rings is 1. The van der Waals surface area contributed by atoms with Gasteiger partial charge in [-0.05, 0) is 85.5 Å². The Kier molecular flexibility index (Phi) is 12.3. The molecule has 4 N–H and O–H groups in total. The Labute approximate surface area is 249 Å². The number of hydrazone groups is 1. The van der Waals surface area contributed by atoms with Crippen LogP contribution in [-0.4, -0.2) is 36.2 Å². The lowest BCUT2D eigenvalue weighted by molar-refractivity contribution is -0.122. The number of aryl methyl sites for hydroxylation is 1. The summed E-state index contributed by atoms with van der Waals surface area (Å²) in [7, 11) is 1.65. The van der Waals surface area contributed by atoms with Crippen molar-refractivity contribution in [3.8, 4) is 11.5 Å². The number of methoxy groups -OCH3 is 1. The van der Waals surface area contributed by atoms with Gasteiger partial charge in [0.1, 0.15) is 17.0 Å². The van der Waals surface area contributed by atoms with Crippen molar-refractivity contribution in [1.29, 1.82) is 0 Å². The van der Waals surface area contributed by atoms with E-state index >= 15 is 0 Å². The first-order valence-electron chi connectivity index (χ1n) is 14.8. The molecule has 0 saturated heterocycles. The average molecular weight is 576 g/mol. The highest BCUT2D eigenvalue weighted by atomic mass is 16.5. The van der Waals surface area contributed by atoms with E-state index in [4.69, 9.17) is 20.3 Å². The zero-order chi connectivity index (χ0) is 30.6. The first-order valence-corrected chi connectivity index (χ1v) is 14.8. The van der Waals surface area contributed by atoms with Crippen LogP contribution in [0.1, 0.15) is 82.5 Å². The zero-order valence-electron chi connectivity index (χ0n) is 25.7. The van der Waals surface area contributed by atoms with Crippen LogP contribution in [0, 0.1) is 18.8 Å². The molecule has 0 bridgehead atoms. The summed E-state index contributed by atoms with van der Waals surface area (Å²) in [5.74, 6) is 6.99. The molecule has 2 amide bonds. The van der Waals surface area contributed by atoms with Crippen molar-refractivity contribution in [2.75, 3.05) is 13.7 Å². The fraction of sp³-hybridized carbons (Fsp3) is 0.455. The summed E-state index contributed by atoms with van der Waals surface area (Å²) in [6.07, 6.45) is 3.47. The number of unbranched alkanes of at least 4 members (excludes halogenated alkanes) is 1. The van der Waals surface area contributed by atoms with Gasteiger partial charge < -0.3 is 9.47 Å². The summed E-state index contributed by atoms with van der Waals surface area (Å²) in [5.41, 5.74) is 9.62. The summed E-state index contributed by atoms with van der Waals surface area (Å²) in [4.78, 5) is 28.4. The maximum absolute atomic E-state index is 12.1. The van der Waals surface area contributed by atoms with Crippen molar-refractivity contribution < 1.29 is 19.1 Å². The lowest BCUT2D eigenvalue weighted by atomic mass is 9.80. The van der Waals surface area contributed by atoms with E-state index in [1.807, 2.05) is 64.1 Å². The molecule has 1 aromatic heterocycles. The fourth-order valence-electron chi connectivity index (χ4n) is 5.42. The van der Waals surface area contributed by atoms with Crippen LogP contribution in [-0.2, 0) is 9.59 Å². The number of rotatable bonds is 12. The minimum absolute atomic E-state index is 0.0533. The van der Waals surface area contributed by atoms with Crippen LogP contribution in [0.25, 0.3) is 10.9 Å². The number of hydrogen-bond donors (Lipinski definition) is 3. The third-order valence-corrected chi connectivity index (χ3v) is 7.56. The van der Waals surface area contributed by atoms with Crippen molar-refractivity contribution in [2.24, 2.45) is 22.8 Å². The van der Waals surface area contributed by atoms with Crippen molar-refractivity contribution in [3.63, 3.8) is 0 Å². The fourth-order valence-corrected chi connectivity index (χ4v) is 5.42. The molecule has 1 aliphatic rings. The highest BCUT2D eigenvalue weighted by Gasteiger charge is 2.25. The van der Waals surface area contributed by atoms with E-state index in [-0.39, 0.29) is 29.6 Å². The predicted octanol–water partition coefficient (Wildman–Crippen LogP) is 5.79. The molecule has 0 saturated carbocycles. The van der Waals surface area contributed by atoms with Crippen molar-refractivity contribution >= 4 is 28.4 Å². The predicted molar refractivity (Wildman–Crippen MR) is 167 cm³/mol. The van der Waals surface area contributed by atoms with Crippen LogP contribution in [0.3, 0.4) is 0 Å². The number of aromatic nitrogens is 1. The number of hydrogen-bond acceptors (Lipinski definition) is 7. The summed E-state index contributed by atoms with van der Waals surface area (Å²) in [6, 6.07) is 16.0. The van der Waals surface area contributed by atoms with Gasteiger partial charge in [0.2, 0.25) is 11.8 Å². The highest BCUT2D eigenvalue weighted by Crippen LogP contribution is 2.38. The van der Waals surface area contributed by atoms with E-state index in [1.54, 1.807) is 7.11 Å². The number of ether oxygens (including phenoxy) is 2. The van der Waals surface area contributed by atoms with Gasteiger partial charge in [-0.1, -0.05) is 39.8 Å². The second-order valence-corrected chi connectivity index (χ2v) is 10.6. The zero-order valence-corrected chi connectivity index (χ0v) is 25.7. The SMILES string of the molecule is CC.COc1ccc(C(CCCCOc2ccc(C3=NNC(=O)CC3C)cc2)C(C)CC(=O)NN)c2ccc(C)nc12. The van der Waals surface area contributed by atoms with Gasteiger partial charge in [-0.25, -0.2) is 16.3 Å². The Morgan fingerprint density at radius 1 is 1.12 bits per heavy atom. The molecule has 3 unspecified atom stereocenters. The molecule has 9 nitrogen and oxygen atoms in total. The number of carbonyl (C=O) groups is 2. The standard InChI is InChI=1S/C31H39N5O4.C2H6/c1-19(17-28(37)34-32)24(25-14-15-27(39-4)31-26(25)13-8-21(3)33-31)7-5-6-16-40-23-11-9-22(10-12-23)30-20(2)18-29(38)35-36-30;1-2/h8-15,19-20,24H,5-7,16-18,32H2,1-4H3,(H,34,37)(H,35,38);1-2H3. The molecule has 0 spiro atoms. The molecule has 3 atom stereocenters. The molecule has 226 valence electrons. The van der Waals surface area contributed by atoms with Gasteiger partial charge in [0.05, 0.1) is 19.4 Å². The summed E-state index contributed by atoms with van der Waals surface area (Å²) >= 11 is 0. The minimum Gasteiger partial charge on any atom is -0.494 e. The Morgan fingerprint density at radius 2 is 1.86 bits per heavy atom. The quantitative estimate of drug-likeness (QED) is 0.109. The highest BCUT2D eigenvalue weighted by molar-refractivity contribution is 6.05. The smallest absolute Gasteiger partial charge is 0.240 e. The second kappa shape index (κ2) is 15.9. The monoisotopic (exact) mass is 575 g/mol. The lowest BCUT2D eigenvalue weighted by Crippen LogP contribution is -2.32. The number of fused-ring (bicyclic) bond motifs is 1.